The van der Waals surface area contributed by atoms with Gasteiger partial charge in [0.2, 0.25) is 0 Å². The third kappa shape index (κ3) is 4.15. The molecule has 0 bridgehead atoms. The second-order valence-electron chi connectivity index (χ2n) is 14.8. The molecule has 4 amide bonds. The molecular formula is C40H42N4O2+2. The number of hydrogen-bond donors (Lipinski definition) is 2. The van der Waals surface area contributed by atoms with Gasteiger partial charge in [-0.25, -0.2) is 10.6 Å². The zero-order valence-electron chi connectivity index (χ0n) is 27.9. The Morgan fingerprint density at radius 3 is 0.978 bits per heavy atom. The molecule has 7 rings (SSSR count). The lowest BCUT2D eigenvalue weighted by atomic mass is 9.84. The van der Waals surface area contributed by atoms with Crippen LogP contribution >= 0.6 is 0 Å². The van der Waals surface area contributed by atoms with Crippen molar-refractivity contribution < 1.29 is 18.7 Å². The maximum absolute atomic E-state index is 13.0. The van der Waals surface area contributed by atoms with E-state index in [4.69, 9.17) is 0 Å². The smallest absolute Gasteiger partial charge is 0.229 e. The van der Waals surface area contributed by atoms with Gasteiger partial charge in [0, 0.05) is 0 Å². The van der Waals surface area contributed by atoms with Crippen LogP contribution in [-0.2, 0) is 0 Å². The highest BCUT2D eigenvalue weighted by Crippen LogP contribution is 2.33. The third-order valence-corrected chi connectivity index (χ3v) is 11.2. The van der Waals surface area contributed by atoms with Crippen LogP contribution in [0.2, 0.25) is 0 Å². The van der Waals surface area contributed by atoms with Crippen molar-refractivity contribution in [3.63, 3.8) is 0 Å². The van der Waals surface area contributed by atoms with Crippen LogP contribution in [0.1, 0.15) is 55.4 Å². The van der Waals surface area contributed by atoms with E-state index in [0.717, 1.165) is 44.1 Å². The predicted molar refractivity (Wildman–Crippen MR) is 188 cm³/mol. The van der Waals surface area contributed by atoms with Crippen molar-refractivity contribution in [2.24, 2.45) is 0 Å². The van der Waals surface area contributed by atoms with Crippen molar-refractivity contribution >= 4 is 56.2 Å². The molecule has 0 atom stereocenters. The summed E-state index contributed by atoms with van der Waals surface area (Å²) in [6.45, 7) is 16.7. The molecule has 2 heterocycles. The molecule has 2 fully saturated rings. The van der Waals surface area contributed by atoms with Crippen molar-refractivity contribution in [1.29, 1.82) is 0 Å². The van der Waals surface area contributed by atoms with Gasteiger partial charge < -0.3 is 0 Å². The molecule has 0 saturated carbocycles. The summed E-state index contributed by atoms with van der Waals surface area (Å²) in [7, 11) is 0. The first-order valence-electron chi connectivity index (χ1n) is 16.0. The minimum Gasteiger partial charge on any atom is -0.229 e. The van der Waals surface area contributed by atoms with Crippen LogP contribution in [0.4, 0.5) is 9.59 Å². The standard InChI is InChI=1S/C40H40N4O2/c1-37(2)39(5,6)43(35(45)41-37)27-21-17-25(18-22-27)33-29-13-9-11-15-31(29)34(32-16-12-10-14-30(32)33)26-19-23-28(24-20-26)44-36(46)42-38(3,4)40(44,7)8/h9-24H,1-8H3/p+2. The summed E-state index contributed by atoms with van der Waals surface area (Å²) in [5.74, 6) is 0. The number of benzene rings is 3. The fourth-order valence-corrected chi connectivity index (χ4v) is 7.20. The van der Waals surface area contributed by atoms with Crippen molar-refractivity contribution in [2.75, 3.05) is 0 Å². The first-order valence-corrected chi connectivity index (χ1v) is 16.0. The van der Waals surface area contributed by atoms with Crippen LogP contribution in [0.5, 0.6) is 0 Å². The van der Waals surface area contributed by atoms with E-state index in [1.165, 1.54) is 10.4 Å². The molecule has 232 valence electrons. The normalized spacial score (nSPS) is 22.4. The summed E-state index contributed by atoms with van der Waals surface area (Å²) in [5, 5.41) is 13.3. The molecule has 4 aliphatic rings. The SMILES string of the molecule is CC1(C)NC(=O)[N+](=C2C=CC(=c3c4ccccc4c(=C4C=CC(=[N+]5C(=O)NC(C)(C)C5(C)C)C=C4)c4ccccc34)C=C2)C1(C)C. The molecule has 2 aliphatic carbocycles. The third-order valence-electron chi connectivity index (χ3n) is 11.2. The molecule has 6 nitrogen and oxygen atoms in total. The molecule has 3 aromatic carbocycles. The monoisotopic (exact) mass is 610 g/mol. The lowest BCUT2D eigenvalue weighted by Crippen LogP contribution is -2.51. The van der Waals surface area contributed by atoms with Gasteiger partial charge in [-0.2, -0.15) is 18.7 Å². The van der Waals surface area contributed by atoms with Gasteiger partial charge in [-0.15, -0.1) is 0 Å². The van der Waals surface area contributed by atoms with Crippen molar-refractivity contribution in [2.45, 2.75) is 77.5 Å². The van der Waals surface area contributed by atoms with Crippen molar-refractivity contribution in [3.8, 4) is 0 Å². The number of amides is 4. The highest BCUT2D eigenvalue weighted by atomic mass is 16.2. The highest BCUT2D eigenvalue weighted by Gasteiger charge is 2.59. The lowest BCUT2D eigenvalue weighted by molar-refractivity contribution is -0.501. The van der Waals surface area contributed by atoms with Gasteiger partial charge in [0.1, 0.15) is 22.5 Å². The second kappa shape index (κ2) is 9.83. The van der Waals surface area contributed by atoms with Crippen molar-refractivity contribution in [1.82, 2.24) is 10.6 Å². The molecule has 2 saturated heterocycles. The van der Waals surface area contributed by atoms with Crippen molar-refractivity contribution in [3.05, 3.63) is 108 Å². The van der Waals surface area contributed by atoms with E-state index >= 15 is 0 Å². The van der Waals surface area contributed by atoms with Crippen LogP contribution in [0.3, 0.4) is 0 Å². The van der Waals surface area contributed by atoms with E-state index < -0.39 is 11.1 Å². The van der Waals surface area contributed by atoms with Crippen LogP contribution in [0, 0.1) is 0 Å². The van der Waals surface area contributed by atoms with E-state index in [9.17, 15) is 9.59 Å². The van der Waals surface area contributed by atoms with E-state index in [2.05, 4.69) is 163 Å². The van der Waals surface area contributed by atoms with Gasteiger partial charge in [0.15, 0.2) is 11.1 Å². The molecule has 0 radical (unpaired) electrons. The molecule has 3 aromatic rings. The predicted octanol–water partition coefficient (Wildman–Crippen LogP) is 6.01. The average molecular weight is 611 g/mol. The van der Waals surface area contributed by atoms with Gasteiger partial charge in [-0.05, 0) is 123 Å². The topological polar surface area (TPSA) is 64.2 Å². The number of allylic oxidation sites excluding steroid dienone is 8. The molecule has 0 aromatic heterocycles. The number of urea groups is 2. The molecule has 2 aliphatic heterocycles. The molecule has 0 unspecified atom stereocenters. The molecule has 0 spiro atoms. The zero-order chi connectivity index (χ0) is 32.8. The van der Waals surface area contributed by atoms with Crippen LogP contribution in [-0.4, -0.2) is 54.8 Å². The number of nitrogens with one attached hydrogen (secondary N) is 2. The highest BCUT2D eigenvalue weighted by molar-refractivity contribution is 6.12. The van der Waals surface area contributed by atoms with Gasteiger partial charge in [-0.3, -0.25) is 0 Å². The van der Waals surface area contributed by atoms with Gasteiger partial charge >= 0.3 is 12.1 Å². The maximum Gasteiger partial charge on any atom is 0.492 e. The number of rotatable bonds is 0. The van der Waals surface area contributed by atoms with E-state index in [1.807, 2.05) is 9.15 Å². The maximum atomic E-state index is 13.0. The minimum atomic E-state index is -0.396. The van der Waals surface area contributed by atoms with E-state index in [-0.39, 0.29) is 23.1 Å². The first-order chi connectivity index (χ1) is 21.7. The van der Waals surface area contributed by atoms with E-state index in [1.54, 1.807) is 0 Å². The summed E-state index contributed by atoms with van der Waals surface area (Å²) in [6.07, 6.45) is 16.8. The number of hydrogen-bond acceptors (Lipinski definition) is 2. The van der Waals surface area contributed by atoms with Gasteiger partial charge in [-0.1, -0.05) is 72.8 Å². The summed E-state index contributed by atoms with van der Waals surface area (Å²) >= 11 is 0. The molecule has 6 heteroatoms. The Morgan fingerprint density at radius 2 is 0.739 bits per heavy atom. The lowest BCUT2D eigenvalue weighted by Gasteiger charge is -2.28. The van der Waals surface area contributed by atoms with Crippen LogP contribution in [0.15, 0.2) is 97.1 Å². The number of carbonyl (C=O) groups excluding carboxylic acids is 2. The quantitative estimate of drug-likeness (QED) is 0.242. The summed E-state index contributed by atoms with van der Waals surface area (Å²) in [5.41, 5.74) is 2.42. The Labute approximate surface area is 270 Å². The summed E-state index contributed by atoms with van der Waals surface area (Å²) in [4.78, 5) is 26.1. The van der Waals surface area contributed by atoms with Gasteiger partial charge in [0.25, 0.3) is 0 Å². The van der Waals surface area contributed by atoms with Gasteiger partial charge in [0.05, 0.1) is 0 Å². The number of fused-ring (bicyclic) bond motifs is 2. The molecular weight excluding hydrogens is 568 g/mol. The Morgan fingerprint density at radius 1 is 0.457 bits per heavy atom. The Hall–Kier alpha value is -4.84. The second-order valence-corrected chi connectivity index (χ2v) is 14.8. The number of carbonyl (C=O) groups is 2. The average Bonchev–Trinajstić information content (AvgIpc) is 3.27. The van der Waals surface area contributed by atoms with Crippen LogP contribution < -0.4 is 21.1 Å². The Bertz CT molecular complexity index is 1980. The Balaban J connectivity index is 1.45. The first kappa shape index (κ1) is 29.8. The molecule has 2 N–H and O–H groups in total. The fourth-order valence-electron chi connectivity index (χ4n) is 7.20. The Kier molecular flexibility index (Phi) is 6.38. The largest absolute Gasteiger partial charge is 0.492 e. The number of nitrogens with zero attached hydrogens (tertiary/aromatic N) is 2. The zero-order valence-corrected chi connectivity index (χ0v) is 27.9. The summed E-state index contributed by atoms with van der Waals surface area (Å²) < 4.78 is 3.74. The fraction of sp³-hybridized carbons (Fsp3) is 0.300. The summed E-state index contributed by atoms with van der Waals surface area (Å²) in [6, 6.07) is 17.0. The van der Waals surface area contributed by atoms with E-state index in [0.29, 0.717) is 0 Å². The molecule has 46 heavy (non-hydrogen) atoms. The minimum absolute atomic E-state index is 0.0772. The van der Waals surface area contributed by atoms with Crippen LogP contribution in [0.25, 0.3) is 32.7 Å².